The van der Waals surface area contributed by atoms with E-state index in [9.17, 15) is 18.4 Å². The standard InChI is InChI=1S/C31H31N3O4S/c35-31(30(32-36)20-23-6-2-1-3-7-23)21-24-10-13-28(14-11-24)34-18-16-27(17-19-34)33-39(37,38)29-15-12-25-8-4-5-9-26(25)22-29/h1-15,22,27,33,36H,16-21H2/b32-30+. The van der Waals surface area contributed by atoms with Crippen molar-refractivity contribution in [1.29, 1.82) is 0 Å². The molecule has 8 heteroatoms. The van der Waals surface area contributed by atoms with Crippen molar-refractivity contribution in [3.05, 3.63) is 108 Å². The summed E-state index contributed by atoms with van der Waals surface area (Å²) in [5, 5.41) is 14.5. The number of nitrogens with zero attached hydrogens (tertiary/aromatic N) is 2. The number of anilines is 1. The second kappa shape index (κ2) is 11.8. The zero-order valence-corrected chi connectivity index (χ0v) is 22.3. The number of Topliss-reactive ketones (excluding diaryl/α,β-unsaturated/α-hetero) is 1. The van der Waals surface area contributed by atoms with Crippen LogP contribution in [-0.4, -0.2) is 44.3 Å². The predicted molar refractivity (Wildman–Crippen MR) is 154 cm³/mol. The number of rotatable bonds is 9. The smallest absolute Gasteiger partial charge is 0.240 e. The predicted octanol–water partition coefficient (Wildman–Crippen LogP) is 4.97. The maximum atomic E-state index is 13.0. The van der Waals surface area contributed by atoms with Crippen LogP contribution in [0.25, 0.3) is 10.8 Å². The van der Waals surface area contributed by atoms with Gasteiger partial charge >= 0.3 is 0 Å². The van der Waals surface area contributed by atoms with Crippen LogP contribution < -0.4 is 9.62 Å². The number of oxime groups is 1. The fourth-order valence-corrected chi connectivity index (χ4v) is 6.31. The average molecular weight is 542 g/mol. The number of benzene rings is 4. The lowest BCUT2D eigenvalue weighted by atomic mass is 10.00. The molecule has 0 atom stereocenters. The molecule has 7 nitrogen and oxygen atoms in total. The van der Waals surface area contributed by atoms with Gasteiger partial charge in [0.05, 0.1) is 4.90 Å². The monoisotopic (exact) mass is 541 g/mol. The van der Waals surface area contributed by atoms with E-state index in [-0.39, 0.29) is 35.3 Å². The van der Waals surface area contributed by atoms with E-state index in [4.69, 9.17) is 0 Å². The molecule has 0 saturated carbocycles. The third kappa shape index (κ3) is 6.53. The Balaban J connectivity index is 1.14. The minimum absolute atomic E-state index is 0.129. The number of sulfonamides is 1. The Morgan fingerprint density at radius 1 is 0.821 bits per heavy atom. The van der Waals surface area contributed by atoms with Crippen molar-refractivity contribution in [2.45, 2.75) is 36.6 Å². The summed E-state index contributed by atoms with van der Waals surface area (Å²) in [7, 11) is -3.61. The van der Waals surface area contributed by atoms with Gasteiger partial charge in [-0.25, -0.2) is 13.1 Å². The van der Waals surface area contributed by atoms with Gasteiger partial charge in [0, 0.05) is 37.7 Å². The fourth-order valence-electron chi connectivity index (χ4n) is 4.97. The van der Waals surface area contributed by atoms with Crippen molar-refractivity contribution in [3.63, 3.8) is 0 Å². The van der Waals surface area contributed by atoms with E-state index < -0.39 is 10.0 Å². The van der Waals surface area contributed by atoms with Crippen LogP contribution in [0.15, 0.2) is 107 Å². The lowest BCUT2D eigenvalue weighted by Gasteiger charge is -2.34. The maximum Gasteiger partial charge on any atom is 0.240 e. The van der Waals surface area contributed by atoms with E-state index in [1.165, 1.54) is 0 Å². The van der Waals surface area contributed by atoms with Crippen LogP contribution in [0.5, 0.6) is 0 Å². The van der Waals surface area contributed by atoms with E-state index in [2.05, 4.69) is 14.8 Å². The van der Waals surface area contributed by atoms with E-state index in [1.54, 1.807) is 12.1 Å². The Labute approximate surface area is 228 Å². The Kier molecular flexibility index (Phi) is 8.05. The van der Waals surface area contributed by atoms with Gasteiger partial charge in [0.1, 0.15) is 5.71 Å². The number of hydrogen-bond donors (Lipinski definition) is 2. The van der Waals surface area contributed by atoms with Gasteiger partial charge in [0.25, 0.3) is 0 Å². The Morgan fingerprint density at radius 2 is 1.46 bits per heavy atom. The highest BCUT2D eigenvalue weighted by atomic mass is 32.2. The molecule has 5 rings (SSSR count). The van der Waals surface area contributed by atoms with Gasteiger partial charge in [-0.3, -0.25) is 4.79 Å². The molecule has 1 aliphatic rings. The van der Waals surface area contributed by atoms with E-state index >= 15 is 0 Å². The molecular weight excluding hydrogens is 510 g/mol. The average Bonchev–Trinajstić information content (AvgIpc) is 2.97. The summed E-state index contributed by atoms with van der Waals surface area (Å²) < 4.78 is 28.9. The summed E-state index contributed by atoms with van der Waals surface area (Å²) in [5.41, 5.74) is 2.92. The Bertz CT molecular complexity index is 1580. The highest BCUT2D eigenvalue weighted by molar-refractivity contribution is 7.89. The number of carbonyl (C=O) groups is 1. The van der Waals surface area contributed by atoms with Gasteiger partial charge in [-0.1, -0.05) is 78.0 Å². The van der Waals surface area contributed by atoms with Crippen LogP contribution >= 0.6 is 0 Å². The second-order valence-corrected chi connectivity index (χ2v) is 11.6. The molecule has 4 aromatic carbocycles. The molecular formula is C31H31N3O4S. The largest absolute Gasteiger partial charge is 0.411 e. The molecule has 4 aromatic rings. The third-order valence-corrected chi connectivity index (χ3v) is 8.69. The highest BCUT2D eigenvalue weighted by Crippen LogP contribution is 2.23. The summed E-state index contributed by atoms with van der Waals surface area (Å²) in [4.78, 5) is 15.2. The molecule has 0 amide bonds. The third-order valence-electron chi connectivity index (χ3n) is 7.17. The van der Waals surface area contributed by atoms with Crippen molar-refractivity contribution < 1.29 is 18.4 Å². The summed E-state index contributed by atoms with van der Waals surface area (Å²) in [5.74, 6) is -0.214. The first-order valence-electron chi connectivity index (χ1n) is 13.0. The van der Waals surface area contributed by atoms with Crippen LogP contribution in [0.1, 0.15) is 24.0 Å². The van der Waals surface area contributed by atoms with Crippen LogP contribution in [0, 0.1) is 0 Å². The zero-order valence-electron chi connectivity index (χ0n) is 21.5. The molecule has 2 N–H and O–H groups in total. The Hall–Kier alpha value is -4.01. The minimum atomic E-state index is -3.61. The van der Waals surface area contributed by atoms with Gasteiger partial charge in [-0.05, 0) is 59.0 Å². The van der Waals surface area contributed by atoms with Crippen LogP contribution in [0.3, 0.4) is 0 Å². The van der Waals surface area contributed by atoms with Gasteiger partial charge in [-0.15, -0.1) is 0 Å². The SMILES string of the molecule is O=C(Cc1ccc(N2CCC(NS(=O)(=O)c3ccc4ccccc4c3)CC2)cc1)/C(Cc1ccccc1)=N/O. The first kappa shape index (κ1) is 26.6. The number of hydrogen-bond acceptors (Lipinski definition) is 6. The molecule has 200 valence electrons. The summed E-state index contributed by atoms with van der Waals surface area (Å²) in [6.45, 7) is 1.45. The van der Waals surface area contributed by atoms with Crippen molar-refractivity contribution in [2.24, 2.45) is 5.16 Å². The molecule has 0 aromatic heterocycles. The highest BCUT2D eigenvalue weighted by Gasteiger charge is 2.25. The number of ketones is 1. The molecule has 1 fully saturated rings. The Morgan fingerprint density at radius 3 is 2.15 bits per heavy atom. The topological polar surface area (TPSA) is 99.1 Å². The molecule has 0 bridgehead atoms. The molecule has 1 saturated heterocycles. The molecule has 0 radical (unpaired) electrons. The lowest BCUT2D eigenvalue weighted by Crippen LogP contribution is -2.44. The molecule has 0 aliphatic carbocycles. The number of carbonyl (C=O) groups excluding carboxylic acids is 1. The molecule has 1 aliphatic heterocycles. The van der Waals surface area contributed by atoms with Gasteiger partial charge < -0.3 is 10.1 Å². The molecule has 0 spiro atoms. The van der Waals surface area contributed by atoms with Crippen LogP contribution in [0.4, 0.5) is 5.69 Å². The lowest BCUT2D eigenvalue weighted by molar-refractivity contribution is -0.112. The van der Waals surface area contributed by atoms with Crippen LogP contribution in [-0.2, 0) is 27.7 Å². The van der Waals surface area contributed by atoms with Gasteiger partial charge in [0.2, 0.25) is 10.0 Å². The van der Waals surface area contributed by atoms with Crippen LogP contribution in [0.2, 0.25) is 0 Å². The summed E-state index contributed by atoms with van der Waals surface area (Å²) in [6, 6.07) is 30.0. The zero-order chi connectivity index (χ0) is 27.2. The minimum Gasteiger partial charge on any atom is -0.411 e. The molecule has 0 unspecified atom stereocenters. The number of piperidine rings is 1. The molecule has 39 heavy (non-hydrogen) atoms. The van der Waals surface area contributed by atoms with Crippen molar-refractivity contribution in [1.82, 2.24) is 4.72 Å². The molecule has 1 heterocycles. The fraction of sp³-hybridized carbons (Fsp3) is 0.226. The van der Waals surface area contributed by atoms with Gasteiger partial charge in [0.15, 0.2) is 5.78 Å². The quantitative estimate of drug-likeness (QED) is 0.177. The normalized spacial score (nSPS) is 15.0. The number of fused-ring (bicyclic) bond motifs is 1. The summed E-state index contributed by atoms with van der Waals surface area (Å²) >= 11 is 0. The van der Waals surface area contributed by atoms with Crippen molar-refractivity contribution in [2.75, 3.05) is 18.0 Å². The van der Waals surface area contributed by atoms with E-state index in [1.807, 2.05) is 84.9 Å². The summed E-state index contributed by atoms with van der Waals surface area (Å²) in [6.07, 6.45) is 1.84. The number of nitrogens with one attached hydrogen (secondary N) is 1. The van der Waals surface area contributed by atoms with Crippen molar-refractivity contribution >= 4 is 38.0 Å². The van der Waals surface area contributed by atoms with Crippen molar-refractivity contribution in [3.8, 4) is 0 Å². The maximum absolute atomic E-state index is 13.0. The van der Waals surface area contributed by atoms with E-state index in [0.29, 0.717) is 12.8 Å². The van der Waals surface area contributed by atoms with Gasteiger partial charge in [-0.2, -0.15) is 0 Å². The van der Waals surface area contributed by atoms with E-state index in [0.717, 1.165) is 40.7 Å². The second-order valence-electron chi connectivity index (χ2n) is 9.87. The first-order valence-corrected chi connectivity index (χ1v) is 14.5. The first-order chi connectivity index (χ1) is 18.9.